The largest absolute Gasteiger partial charge is 0.394 e. The van der Waals surface area contributed by atoms with Crippen molar-refractivity contribution < 1.29 is 29.5 Å². The van der Waals surface area contributed by atoms with E-state index in [-0.39, 0.29) is 19.6 Å². The van der Waals surface area contributed by atoms with Crippen LogP contribution in [0, 0.1) is 0 Å². The molecule has 17 heavy (non-hydrogen) atoms. The second-order valence-electron chi connectivity index (χ2n) is 3.87. The maximum atomic E-state index is 9.61. The predicted octanol–water partition coefficient (Wildman–Crippen LogP) is -2.19. The first kappa shape index (κ1) is 14.8. The van der Waals surface area contributed by atoms with Crippen LogP contribution in [0.5, 0.6) is 0 Å². The molecule has 5 N–H and O–H groups in total. The molecule has 7 nitrogen and oxygen atoms in total. The number of ether oxygens (including phenoxy) is 3. The lowest BCUT2D eigenvalue weighted by atomic mass is 10.0. The minimum Gasteiger partial charge on any atom is -0.394 e. The van der Waals surface area contributed by atoms with Gasteiger partial charge in [-0.25, -0.2) is 0 Å². The Morgan fingerprint density at radius 3 is 2.65 bits per heavy atom. The summed E-state index contributed by atoms with van der Waals surface area (Å²) in [5.41, 5.74) is 5.24. The molecular weight excluding hydrogens is 230 g/mol. The van der Waals surface area contributed by atoms with Gasteiger partial charge in [-0.05, 0) is 0 Å². The monoisotopic (exact) mass is 251 g/mol. The lowest BCUT2D eigenvalue weighted by molar-refractivity contribution is -0.273. The highest BCUT2D eigenvalue weighted by Crippen LogP contribution is 2.20. The Labute approximate surface area is 100 Å². The maximum Gasteiger partial charge on any atom is 0.186 e. The molecule has 0 radical (unpaired) electrons. The van der Waals surface area contributed by atoms with Crippen LogP contribution in [0.25, 0.3) is 0 Å². The molecule has 0 spiro atoms. The van der Waals surface area contributed by atoms with Crippen molar-refractivity contribution in [3.05, 3.63) is 0 Å². The molecule has 7 heteroatoms. The molecule has 1 aliphatic heterocycles. The van der Waals surface area contributed by atoms with Gasteiger partial charge in [0.25, 0.3) is 0 Å². The molecule has 0 aromatic carbocycles. The summed E-state index contributed by atoms with van der Waals surface area (Å²) < 4.78 is 15.6. The first-order valence-electron chi connectivity index (χ1n) is 5.71. The van der Waals surface area contributed by atoms with Crippen LogP contribution in [0.4, 0.5) is 0 Å². The fourth-order valence-corrected chi connectivity index (χ4v) is 1.58. The van der Waals surface area contributed by atoms with Gasteiger partial charge >= 0.3 is 0 Å². The molecule has 1 aliphatic rings. The van der Waals surface area contributed by atoms with Crippen LogP contribution in [0.2, 0.25) is 0 Å². The number of rotatable bonds is 7. The van der Waals surface area contributed by atoms with Crippen molar-refractivity contribution in [1.82, 2.24) is 0 Å². The summed E-state index contributed by atoms with van der Waals surface area (Å²) >= 11 is 0. The van der Waals surface area contributed by atoms with Crippen LogP contribution in [0.15, 0.2) is 0 Å². The number of nitrogens with two attached hydrogens (primary N) is 1. The van der Waals surface area contributed by atoms with Gasteiger partial charge < -0.3 is 35.3 Å². The van der Waals surface area contributed by atoms with Crippen molar-refractivity contribution in [2.24, 2.45) is 5.73 Å². The van der Waals surface area contributed by atoms with E-state index >= 15 is 0 Å². The number of hydrogen-bond donors (Lipinski definition) is 4. The topological polar surface area (TPSA) is 114 Å². The molecule has 4 atom stereocenters. The van der Waals surface area contributed by atoms with Gasteiger partial charge in [-0.2, -0.15) is 0 Å². The summed E-state index contributed by atoms with van der Waals surface area (Å²) in [6.45, 7) is 1.23. The molecule has 1 rings (SSSR count). The minimum atomic E-state index is -1.10. The van der Waals surface area contributed by atoms with Gasteiger partial charge in [-0.15, -0.1) is 0 Å². The predicted molar refractivity (Wildman–Crippen MR) is 58.2 cm³/mol. The van der Waals surface area contributed by atoms with Crippen molar-refractivity contribution in [3.8, 4) is 0 Å². The van der Waals surface area contributed by atoms with Crippen LogP contribution in [-0.2, 0) is 14.2 Å². The highest BCUT2D eigenvalue weighted by molar-refractivity contribution is 4.80. The second-order valence-corrected chi connectivity index (χ2v) is 3.87. The van der Waals surface area contributed by atoms with E-state index in [4.69, 9.17) is 25.1 Å². The Bertz CT molecular complexity index is 205. The third kappa shape index (κ3) is 4.84. The summed E-state index contributed by atoms with van der Waals surface area (Å²) in [6.07, 6.45) is -3.30. The van der Waals surface area contributed by atoms with E-state index in [1.165, 1.54) is 0 Å². The van der Waals surface area contributed by atoms with E-state index in [1.807, 2.05) is 0 Å². The highest BCUT2D eigenvalue weighted by atomic mass is 16.7. The average molecular weight is 251 g/mol. The zero-order valence-electron chi connectivity index (χ0n) is 9.70. The molecule has 0 aliphatic carbocycles. The van der Waals surface area contributed by atoms with Crippen molar-refractivity contribution in [3.63, 3.8) is 0 Å². The molecule has 4 unspecified atom stereocenters. The first-order chi connectivity index (χ1) is 8.19. The van der Waals surface area contributed by atoms with Gasteiger partial charge in [0, 0.05) is 13.0 Å². The average Bonchev–Trinajstić information content (AvgIpc) is 2.33. The minimum absolute atomic E-state index is 0.196. The van der Waals surface area contributed by atoms with Gasteiger partial charge in [0.1, 0.15) is 6.10 Å². The van der Waals surface area contributed by atoms with Gasteiger partial charge in [-0.3, -0.25) is 0 Å². The molecule has 1 heterocycles. The zero-order valence-corrected chi connectivity index (χ0v) is 9.70. The third-order valence-electron chi connectivity index (χ3n) is 2.48. The quantitative estimate of drug-likeness (QED) is 0.380. The first-order valence-corrected chi connectivity index (χ1v) is 5.71. The Balaban J connectivity index is 2.24. The molecule has 0 aromatic rings. The normalized spacial score (nSPS) is 33.9. The number of hydrogen-bond acceptors (Lipinski definition) is 7. The molecule has 1 fully saturated rings. The van der Waals surface area contributed by atoms with E-state index in [1.54, 1.807) is 0 Å². The molecule has 0 saturated carbocycles. The van der Waals surface area contributed by atoms with E-state index < -0.39 is 24.6 Å². The van der Waals surface area contributed by atoms with Crippen LogP contribution in [-0.4, -0.2) is 72.9 Å². The Morgan fingerprint density at radius 1 is 1.24 bits per heavy atom. The second kappa shape index (κ2) is 7.93. The van der Waals surface area contributed by atoms with Gasteiger partial charge in [0.15, 0.2) is 6.29 Å². The smallest absolute Gasteiger partial charge is 0.186 e. The summed E-state index contributed by atoms with van der Waals surface area (Å²) in [5, 5.41) is 28.1. The highest BCUT2D eigenvalue weighted by Gasteiger charge is 2.36. The Morgan fingerprint density at radius 2 is 2.00 bits per heavy atom. The fraction of sp³-hybridized carbons (Fsp3) is 1.00. The number of aliphatic hydroxyl groups is 3. The van der Waals surface area contributed by atoms with E-state index in [9.17, 15) is 10.2 Å². The summed E-state index contributed by atoms with van der Waals surface area (Å²) in [6, 6.07) is 0. The molecule has 0 amide bonds. The summed E-state index contributed by atoms with van der Waals surface area (Å²) in [7, 11) is 0. The third-order valence-corrected chi connectivity index (χ3v) is 2.48. The van der Waals surface area contributed by atoms with Gasteiger partial charge in [-0.1, -0.05) is 0 Å². The SMILES string of the molecule is NCCOCCOC1OC(CO)CC(O)C1O. The van der Waals surface area contributed by atoms with E-state index in [0.29, 0.717) is 19.8 Å². The summed E-state index contributed by atoms with van der Waals surface area (Å²) in [5.74, 6) is 0. The fourth-order valence-electron chi connectivity index (χ4n) is 1.58. The summed E-state index contributed by atoms with van der Waals surface area (Å²) in [4.78, 5) is 0. The zero-order chi connectivity index (χ0) is 12.7. The lowest BCUT2D eigenvalue weighted by Crippen LogP contribution is -2.50. The molecule has 0 bridgehead atoms. The van der Waals surface area contributed by atoms with E-state index in [0.717, 1.165) is 0 Å². The van der Waals surface area contributed by atoms with Crippen molar-refractivity contribution >= 4 is 0 Å². The molecule has 0 aromatic heterocycles. The van der Waals surface area contributed by atoms with E-state index in [2.05, 4.69) is 0 Å². The molecule has 1 saturated heterocycles. The standard InChI is InChI=1S/C10H21NO6/c11-1-2-15-3-4-16-10-9(14)8(13)5-7(6-12)17-10/h7-10,12-14H,1-6,11H2. The number of aliphatic hydroxyl groups excluding tert-OH is 3. The van der Waals surface area contributed by atoms with Gasteiger partial charge in [0.2, 0.25) is 0 Å². The Kier molecular flexibility index (Phi) is 6.90. The van der Waals surface area contributed by atoms with Gasteiger partial charge in [0.05, 0.1) is 38.6 Å². The van der Waals surface area contributed by atoms with Crippen LogP contribution in [0.3, 0.4) is 0 Å². The van der Waals surface area contributed by atoms with Crippen molar-refractivity contribution in [2.75, 3.05) is 33.0 Å². The van der Waals surface area contributed by atoms with Crippen molar-refractivity contribution in [2.45, 2.75) is 31.0 Å². The Hall–Kier alpha value is -0.280. The van der Waals surface area contributed by atoms with Crippen LogP contribution in [0.1, 0.15) is 6.42 Å². The van der Waals surface area contributed by atoms with Crippen LogP contribution < -0.4 is 5.73 Å². The lowest BCUT2D eigenvalue weighted by Gasteiger charge is -2.36. The maximum absolute atomic E-state index is 9.61. The molecule has 102 valence electrons. The molecular formula is C10H21NO6. The van der Waals surface area contributed by atoms with Crippen molar-refractivity contribution in [1.29, 1.82) is 0 Å². The van der Waals surface area contributed by atoms with Crippen LogP contribution >= 0.6 is 0 Å².